The smallest absolute Gasteiger partial charge is 0.341 e. The quantitative estimate of drug-likeness (QED) is 0.826. The van der Waals surface area contributed by atoms with Crippen LogP contribution in [0.2, 0.25) is 0 Å². The van der Waals surface area contributed by atoms with E-state index >= 15 is 4.39 Å². The van der Waals surface area contributed by atoms with Gasteiger partial charge < -0.3 is 19.5 Å². The molecule has 1 unspecified atom stereocenters. The monoisotopic (exact) mass is 414 g/mol. The Labute approximate surface area is 174 Å². The number of fused-ring (bicyclic) bond motifs is 1. The van der Waals surface area contributed by atoms with Gasteiger partial charge in [0.25, 0.3) is 0 Å². The molecule has 0 bridgehead atoms. The van der Waals surface area contributed by atoms with E-state index in [4.69, 9.17) is 0 Å². The van der Waals surface area contributed by atoms with Crippen molar-refractivity contribution in [3.63, 3.8) is 0 Å². The number of likely N-dealkylation sites (tertiary alicyclic amines) is 1. The molecular weight excluding hydrogens is 387 g/mol. The van der Waals surface area contributed by atoms with E-state index in [1.165, 1.54) is 18.7 Å². The summed E-state index contributed by atoms with van der Waals surface area (Å²) in [5, 5.41) is 9.54. The molecule has 160 valence electrons. The van der Waals surface area contributed by atoms with Crippen molar-refractivity contribution in [2.45, 2.75) is 31.3 Å². The van der Waals surface area contributed by atoms with Gasteiger partial charge in [0.05, 0.1) is 11.2 Å². The van der Waals surface area contributed by atoms with Gasteiger partial charge in [-0.15, -0.1) is 0 Å². The number of aromatic carboxylic acids is 1. The molecule has 1 saturated carbocycles. The lowest BCUT2D eigenvalue weighted by molar-refractivity contribution is 0.0695. The van der Waals surface area contributed by atoms with Crippen LogP contribution in [0.5, 0.6) is 0 Å². The van der Waals surface area contributed by atoms with Crippen LogP contribution in [0.15, 0.2) is 23.1 Å². The number of halogens is 1. The van der Waals surface area contributed by atoms with E-state index in [1.807, 2.05) is 4.57 Å². The molecule has 0 spiro atoms. The van der Waals surface area contributed by atoms with Gasteiger partial charge in [-0.25, -0.2) is 9.18 Å². The van der Waals surface area contributed by atoms with E-state index in [9.17, 15) is 14.7 Å². The first kappa shape index (κ1) is 19.5. The molecular formula is C22H27FN4O3. The largest absolute Gasteiger partial charge is 0.477 e. The first-order chi connectivity index (χ1) is 14.4. The summed E-state index contributed by atoms with van der Waals surface area (Å²) in [4.78, 5) is 31.0. The molecule has 5 rings (SSSR count). The predicted octanol–water partition coefficient (Wildman–Crippen LogP) is 2.00. The van der Waals surface area contributed by atoms with Crippen LogP contribution in [-0.4, -0.2) is 77.8 Å². The lowest BCUT2D eigenvalue weighted by Gasteiger charge is -2.39. The number of carboxylic acid groups (broad SMARTS) is 1. The second kappa shape index (κ2) is 7.35. The minimum Gasteiger partial charge on any atom is -0.477 e. The average Bonchev–Trinajstić information content (AvgIpc) is 3.48. The van der Waals surface area contributed by atoms with Crippen molar-refractivity contribution in [1.29, 1.82) is 0 Å². The standard InChI is InChI=1S/C22H27FN4O3/c1-24-5-4-15(12-24)25-6-8-26(9-7-25)20-11-19-16(10-18(20)23)21(28)17(22(29)30)13-27(19)14-2-3-14/h10-11,13-15H,2-9,12H2,1H3,(H,29,30). The summed E-state index contributed by atoms with van der Waals surface area (Å²) in [6, 6.07) is 3.74. The van der Waals surface area contributed by atoms with Crippen LogP contribution in [0.3, 0.4) is 0 Å². The third kappa shape index (κ3) is 3.37. The van der Waals surface area contributed by atoms with E-state index in [0.29, 0.717) is 17.2 Å². The van der Waals surface area contributed by atoms with Crippen molar-refractivity contribution in [2.24, 2.45) is 0 Å². The number of pyridine rings is 1. The number of carbonyl (C=O) groups is 1. The molecule has 1 aliphatic carbocycles. The molecule has 1 N–H and O–H groups in total. The highest BCUT2D eigenvalue weighted by molar-refractivity contribution is 5.93. The molecule has 2 aliphatic heterocycles. The second-order valence-corrected chi connectivity index (χ2v) is 8.86. The molecule has 0 amide bonds. The molecule has 7 nitrogen and oxygen atoms in total. The lowest BCUT2D eigenvalue weighted by Crippen LogP contribution is -2.51. The minimum absolute atomic E-state index is 0.149. The Morgan fingerprint density at radius 3 is 2.40 bits per heavy atom. The molecule has 3 aliphatic rings. The zero-order chi connectivity index (χ0) is 21.0. The van der Waals surface area contributed by atoms with Gasteiger partial charge >= 0.3 is 5.97 Å². The highest BCUT2D eigenvalue weighted by Gasteiger charge is 2.31. The summed E-state index contributed by atoms with van der Waals surface area (Å²) in [5.41, 5.74) is 0.220. The number of aromatic nitrogens is 1. The van der Waals surface area contributed by atoms with Crippen molar-refractivity contribution < 1.29 is 14.3 Å². The number of benzene rings is 1. The average molecular weight is 414 g/mol. The minimum atomic E-state index is -1.27. The Bertz CT molecular complexity index is 1060. The van der Waals surface area contributed by atoms with Crippen molar-refractivity contribution in [1.82, 2.24) is 14.4 Å². The number of anilines is 1. The third-order valence-electron chi connectivity index (χ3n) is 6.81. The zero-order valence-corrected chi connectivity index (χ0v) is 17.2. The normalized spacial score (nSPS) is 23.4. The topological polar surface area (TPSA) is 69.0 Å². The number of carboxylic acids is 1. The Kier molecular flexibility index (Phi) is 4.78. The molecule has 8 heteroatoms. The van der Waals surface area contributed by atoms with Crippen molar-refractivity contribution in [3.8, 4) is 0 Å². The van der Waals surface area contributed by atoms with Crippen molar-refractivity contribution in [3.05, 3.63) is 39.9 Å². The summed E-state index contributed by atoms with van der Waals surface area (Å²) >= 11 is 0. The van der Waals surface area contributed by atoms with Gasteiger partial charge in [-0.2, -0.15) is 0 Å². The van der Waals surface area contributed by atoms with Crippen LogP contribution >= 0.6 is 0 Å². The highest BCUT2D eigenvalue weighted by Crippen LogP contribution is 2.38. The fourth-order valence-corrected chi connectivity index (χ4v) is 4.95. The van der Waals surface area contributed by atoms with E-state index < -0.39 is 17.2 Å². The first-order valence-corrected chi connectivity index (χ1v) is 10.7. The number of hydrogen-bond acceptors (Lipinski definition) is 5. The molecule has 1 atom stereocenters. The predicted molar refractivity (Wildman–Crippen MR) is 113 cm³/mol. The van der Waals surface area contributed by atoms with Crippen LogP contribution in [0.25, 0.3) is 10.9 Å². The molecule has 3 heterocycles. The van der Waals surface area contributed by atoms with Crippen LogP contribution in [0.4, 0.5) is 10.1 Å². The molecule has 30 heavy (non-hydrogen) atoms. The van der Waals surface area contributed by atoms with Crippen LogP contribution < -0.4 is 10.3 Å². The van der Waals surface area contributed by atoms with Gasteiger partial charge in [-0.1, -0.05) is 0 Å². The SMILES string of the molecule is CN1CCC(N2CCN(c3cc4c(cc3F)c(=O)c(C(=O)O)cn4C3CC3)CC2)C1. The lowest BCUT2D eigenvalue weighted by atomic mass is 10.1. The number of likely N-dealkylation sites (N-methyl/N-ethyl adjacent to an activating group) is 1. The number of nitrogens with zero attached hydrogens (tertiary/aromatic N) is 4. The highest BCUT2D eigenvalue weighted by atomic mass is 19.1. The zero-order valence-electron chi connectivity index (χ0n) is 17.2. The molecule has 1 aromatic heterocycles. The van der Waals surface area contributed by atoms with E-state index in [1.54, 1.807) is 6.07 Å². The number of piperazine rings is 1. The molecule has 3 fully saturated rings. The Morgan fingerprint density at radius 2 is 1.80 bits per heavy atom. The summed E-state index contributed by atoms with van der Waals surface area (Å²) in [6.07, 6.45) is 4.50. The summed E-state index contributed by atoms with van der Waals surface area (Å²) in [6.45, 7) is 5.48. The van der Waals surface area contributed by atoms with E-state index in [2.05, 4.69) is 21.7 Å². The second-order valence-electron chi connectivity index (χ2n) is 8.86. The third-order valence-corrected chi connectivity index (χ3v) is 6.81. The summed E-state index contributed by atoms with van der Waals surface area (Å²) in [7, 11) is 2.15. The fourth-order valence-electron chi connectivity index (χ4n) is 4.95. The Balaban J connectivity index is 1.46. The fraction of sp³-hybridized carbons (Fsp3) is 0.545. The summed E-state index contributed by atoms with van der Waals surface area (Å²) in [5.74, 6) is -1.73. The van der Waals surface area contributed by atoms with Crippen molar-refractivity contribution in [2.75, 3.05) is 51.2 Å². The summed E-state index contributed by atoms with van der Waals surface area (Å²) < 4.78 is 16.9. The Morgan fingerprint density at radius 1 is 1.07 bits per heavy atom. The van der Waals surface area contributed by atoms with Crippen molar-refractivity contribution >= 4 is 22.6 Å². The van der Waals surface area contributed by atoms with Crippen LogP contribution in [-0.2, 0) is 0 Å². The van der Waals surface area contributed by atoms with Gasteiger partial charge in [-0.05, 0) is 45.0 Å². The maximum Gasteiger partial charge on any atom is 0.341 e. The van der Waals surface area contributed by atoms with E-state index in [-0.39, 0.29) is 17.0 Å². The maximum absolute atomic E-state index is 15.1. The number of hydrogen-bond donors (Lipinski definition) is 1. The van der Waals surface area contributed by atoms with Gasteiger partial charge in [0.1, 0.15) is 11.4 Å². The maximum atomic E-state index is 15.1. The van der Waals surface area contributed by atoms with Gasteiger partial charge in [0.2, 0.25) is 5.43 Å². The van der Waals surface area contributed by atoms with Gasteiger partial charge in [0.15, 0.2) is 0 Å². The molecule has 2 saturated heterocycles. The van der Waals surface area contributed by atoms with Crippen LogP contribution in [0, 0.1) is 5.82 Å². The van der Waals surface area contributed by atoms with Gasteiger partial charge in [0, 0.05) is 56.4 Å². The molecule has 1 aromatic carbocycles. The first-order valence-electron chi connectivity index (χ1n) is 10.7. The Hall–Kier alpha value is -2.45. The van der Waals surface area contributed by atoms with E-state index in [0.717, 1.165) is 52.1 Å². The van der Waals surface area contributed by atoms with Crippen LogP contribution in [0.1, 0.15) is 35.7 Å². The molecule has 2 aromatic rings. The number of rotatable bonds is 4. The molecule has 0 radical (unpaired) electrons. The van der Waals surface area contributed by atoms with Gasteiger partial charge in [-0.3, -0.25) is 9.69 Å².